The molecule has 1 aromatic heterocycles. The van der Waals surface area contributed by atoms with Gasteiger partial charge in [-0.1, -0.05) is 12.1 Å². The van der Waals surface area contributed by atoms with Crippen LogP contribution in [0, 0.1) is 11.7 Å². The Balaban J connectivity index is 1.55. The third-order valence-corrected chi connectivity index (χ3v) is 5.48. The van der Waals surface area contributed by atoms with Crippen molar-refractivity contribution in [3.63, 3.8) is 0 Å². The van der Waals surface area contributed by atoms with Crippen LogP contribution >= 0.6 is 0 Å². The van der Waals surface area contributed by atoms with Gasteiger partial charge in [-0.15, -0.1) is 0 Å². The second-order valence-corrected chi connectivity index (χ2v) is 8.47. The molecule has 0 unspecified atom stereocenters. The van der Waals surface area contributed by atoms with Crippen LogP contribution in [0.1, 0.15) is 49.9 Å². The predicted octanol–water partition coefficient (Wildman–Crippen LogP) is 3.06. The summed E-state index contributed by atoms with van der Waals surface area (Å²) in [6.07, 6.45) is 4.00. The van der Waals surface area contributed by atoms with Crippen LogP contribution in [0.25, 0.3) is 11.3 Å². The first-order valence-corrected chi connectivity index (χ1v) is 10.2. The molecule has 0 saturated heterocycles. The van der Waals surface area contributed by atoms with Gasteiger partial charge < -0.3 is 15.7 Å². The van der Waals surface area contributed by atoms with Crippen molar-refractivity contribution < 1.29 is 19.1 Å². The van der Waals surface area contributed by atoms with Crippen LogP contribution in [0.5, 0.6) is 0 Å². The van der Waals surface area contributed by atoms with Crippen molar-refractivity contribution in [2.75, 3.05) is 6.61 Å². The van der Waals surface area contributed by atoms with Gasteiger partial charge >= 0.3 is 0 Å². The first kappa shape index (κ1) is 21.9. The summed E-state index contributed by atoms with van der Waals surface area (Å²) in [6, 6.07) is 9.43. The monoisotopic (exact) mass is 413 g/mol. The molecule has 3 rings (SSSR count). The lowest BCUT2D eigenvalue weighted by molar-refractivity contribution is -0.126. The molecular weight excluding hydrogens is 385 g/mol. The number of benzene rings is 1. The minimum atomic E-state index is -0.456. The number of pyridine rings is 1. The van der Waals surface area contributed by atoms with Gasteiger partial charge in [0.1, 0.15) is 5.82 Å². The number of carbonyl (C=O) groups is 2. The standard InChI is InChI=1S/C23H28FN3O3/c1-23(2,10-11-28)27-22(30)16-6-8-19(13-16)26-21(29)17-7-9-20(25-14-17)15-4-3-5-18(24)12-15/h3-5,7,9,12,14,16,19,28H,6,8,10-11,13H2,1-2H3,(H,26,29)(H,27,30)/t16-,19+/m1/s1. The number of carbonyl (C=O) groups excluding carboxylic acids is 2. The second kappa shape index (κ2) is 9.34. The van der Waals surface area contributed by atoms with Crippen LogP contribution in [-0.4, -0.2) is 40.1 Å². The number of amides is 2. The SMILES string of the molecule is CC(C)(CCO)NC(=O)[C@@H]1CC[C@H](NC(=O)c2ccc(-c3cccc(F)c3)nc2)C1. The van der Waals surface area contributed by atoms with Gasteiger partial charge in [0.2, 0.25) is 5.91 Å². The third-order valence-electron chi connectivity index (χ3n) is 5.48. The minimum Gasteiger partial charge on any atom is -0.396 e. The number of hydrogen-bond acceptors (Lipinski definition) is 4. The molecule has 1 aliphatic carbocycles. The summed E-state index contributed by atoms with van der Waals surface area (Å²) < 4.78 is 13.4. The topological polar surface area (TPSA) is 91.3 Å². The highest BCUT2D eigenvalue weighted by atomic mass is 19.1. The van der Waals surface area contributed by atoms with E-state index in [4.69, 9.17) is 5.11 Å². The van der Waals surface area contributed by atoms with Gasteiger partial charge in [-0.25, -0.2) is 4.39 Å². The van der Waals surface area contributed by atoms with Gasteiger partial charge in [-0.3, -0.25) is 14.6 Å². The summed E-state index contributed by atoms with van der Waals surface area (Å²) in [4.78, 5) is 29.3. The van der Waals surface area contributed by atoms with Crippen LogP contribution in [0.3, 0.4) is 0 Å². The lowest BCUT2D eigenvalue weighted by atomic mass is 9.98. The van der Waals surface area contributed by atoms with Gasteiger partial charge in [-0.05, 0) is 63.8 Å². The van der Waals surface area contributed by atoms with Crippen molar-refractivity contribution in [2.24, 2.45) is 5.92 Å². The van der Waals surface area contributed by atoms with Crippen LogP contribution in [-0.2, 0) is 4.79 Å². The molecule has 1 aliphatic rings. The van der Waals surface area contributed by atoms with Gasteiger partial charge in [0.25, 0.3) is 5.91 Å². The first-order valence-electron chi connectivity index (χ1n) is 10.2. The molecule has 2 amide bonds. The smallest absolute Gasteiger partial charge is 0.253 e. The van der Waals surface area contributed by atoms with Gasteiger partial charge in [0.05, 0.1) is 11.3 Å². The molecule has 6 nitrogen and oxygen atoms in total. The fourth-order valence-corrected chi connectivity index (χ4v) is 3.74. The average molecular weight is 413 g/mol. The Labute approximate surface area is 175 Å². The lowest BCUT2D eigenvalue weighted by Crippen LogP contribution is -2.46. The van der Waals surface area contributed by atoms with Crippen molar-refractivity contribution in [1.29, 1.82) is 0 Å². The number of nitrogens with one attached hydrogen (secondary N) is 2. The molecule has 0 radical (unpaired) electrons. The molecule has 160 valence electrons. The van der Waals surface area contributed by atoms with E-state index in [9.17, 15) is 14.0 Å². The van der Waals surface area contributed by atoms with E-state index in [1.165, 1.54) is 18.3 Å². The Morgan fingerprint density at radius 3 is 2.70 bits per heavy atom. The highest BCUT2D eigenvalue weighted by molar-refractivity contribution is 5.94. The molecule has 2 aromatic rings. The average Bonchev–Trinajstić information content (AvgIpc) is 3.16. The zero-order valence-electron chi connectivity index (χ0n) is 17.3. The fraction of sp³-hybridized carbons (Fsp3) is 0.435. The summed E-state index contributed by atoms with van der Waals surface area (Å²) in [5, 5.41) is 15.1. The maximum atomic E-state index is 13.4. The maximum absolute atomic E-state index is 13.4. The van der Waals surface area contributed by atoms with E-state index in [0.717, 1.165) is 6.42 Å². The third kappa shape index (κ3) is 5.63. The first-order chi connectivity index (χ1) is 14.3. The van der Waals surface area contributed by atoms with Crippen molar-refractivity contribution >= 4 is 11.8 Å². The van der Waals surface area contributed by atoms with Gasteiger partial charge in [0, 0.05) is 35.9 Å². The zero-order valence-corrected chi connectivity index (χ0v) is 17.3. The molecule has 0 bridgehead atoms. The van der Waals surface area contributed by atoms with Crippen LogP contribution in [0.15, 0.2) is 42.6 Å². The quantitative estimate of drug-likeness (QED) is 0.651. The highest BCUT2D eigenvalue weighted by Crippen LogP contribution is 2.27. The van der Waals surface area contributed by atoms with Crippen LogP contribution in [0.4, 0.5) is 4.39 Å². The largest absolute Gasteiger partial charge is 0.396 e. The number of aliphatic hydroxyl groups is 1. The number of hydrogen-bond donors (Lipinski definition) is 3. The molecule has 2 atom stereocenters. The highest BCUT2D eigenvalue weighted by Gasteiger charge is 2.33. The molecule has 3 N–H and O–H groups in total. The van der Waals surface area contributed by atoms with E-state index in [1.807, 2.05) is 13.8 Å². The summed E-state index contributed by atoms with van der Waals surface area (Å²) in [7, 11) is 0. The summed E-state index contributed by atoms with van der Waals surface area (Å²) >= 11 is 0. The second-order valence-electron chi connectivity index (χ2n) is 8.47. The van der Waals surface area contributed by atoms with Crippen LogP contribution in [0.2, 0.25) is 0 Å². The fourth-order valence-electron chi connectivity index (χ4n) is 3.74. The van der Waals surface area contributed by atoms with E-state index in [-0.39, 0.29) is 36.2 Å². The molecule has 1 saturated carbocycles. The number of rotatable bonds is 7. The molecule has 1 fully saturated rings. The van der Waals surface area contributed by atoms with Crippen molar-refractivity contribution in [1.82, 2.24) is 15.6 Å². The maximum Gasteiger partial charge on any atom is 0.253 e. The summed E-state index contributed by atoms with van der Waals surface area (Å²) in [5.74, 6) is -0.760. The molecular formula is C23H28FN3O3. The molecule has 1 aromatic carbocycles. The summed E-state index contributed by atoms with van der Waals surface area (Å²) in [5.41, 5.74) is 1.21. The Kier molecular flexibility index (Phi) is 6.82. The molecule has 0 spiro atoms. The normalized spacial score (nSPS) is 18.8. The van der Waals surface area contributed by atoms with E-state index in [0.29, 0.717) is 36.1 Å². The van der Waals surface area contributed by atoms with Crippen molar-refractivity contribution in [3.05, 3.63) is 54.0 Å². The van der Waals surface area contributed by atoms with E-state index >= 15 is 0 Å². The van der Waals surface area contributed by atoms with E-state index in [2.05, 4.69) is 15.6 Å². The van der Waals surface area contributed by atoms with Crippen molar-refractivity contribution in [3.8, 4) is 11.3 Å². The Hall–Kier alpha value is -2.80. The Bertz CT molecular complexity index is 899. The minimum absolute atomic E-state index is 0.0165. The Morgan fingerprint density at radius 2 is 2.03 bits per heavy atom. The summed E-state index contributed by atoms with van der Waals surface area (Å²) in [6.45, 7) is 3.79. The molecule has 30 heavy (non-hydrogen) atoms. The number of halogens is 1. The number of aromatic nitrogens is 1. The Morgan fingerprint density at radius 1 is 1.23 bits per heavy atom. The molecule has 7 heteroatoms. The van der Waals surface area contributed by atoms with E-state index in [1.54, 1.807) is 24.3 Å². The lowest BCUT2D eigenvalue weighted by Gasteiger charge is -2.27. The van der Waals surface area contributed by atoms with E-state index < -0.39 is 5.54 Å². The number of aliphatic hydroxyl groups excluding tert-OH is 1. The predicted molar refractivity (Wildman–Crippen MR) is 112 cm³/mol. The van der Waals surface area contributed by atoms with Gasteiger partial charge in [-0.2, -0.15) is 0 Å². The van der Waals surface area contributed by atoms with Crippen LogP contribution < -0.4 is 10.6 Å². The van der Waals surface area contributed by atoms with Gasteiger partial charge in [0.15, 0.2) is 0 Å². The number of nitrogens with zero attached hydrogens (tertiary/aromatic N) is 1. The molecule has 0 aliphatic heterocycles. The molecule has 1 heterocycles. The van der Waals surface area contributed by atoms with Crippen molar-refractivity contribution in [2.45, 2.75) is 51.1 Å². The zero-order chi connectivity index (χ0) is 21.7.